The minimum absolute atomic E-state index is 0.234. The van der Waals surface area contributed by atoms with Gasteiger partial charge < -0.3 is 10.4 Å². The van der Waals surface area contributed by atoms with Gasteiger partial charge in [-0.1, -0.05) is 0 Å². The zero-order chi connectivity index (χ0) is 7.83. The van der Waals surface area contributed by atoms with E-state index >= 15 is 0 Å². The van der Waals surface area contributed by atoms with E-state index in [1.165, 1.54) is 0 Å². The second-order valence-corrected chi connectivity index (χ2v) is 3.11. The highest BCUT2D eigenvalue weighted by Crippen LogP contribution is 2.31. The predicted octanol–water partition coefficient (Wildman–Crippen LogP) is 0.366. The summed E-state index contributed by atoms with van der Waals surface area (Å²) in [6.07, 6.45) is -0.267. The van der Waals surface area contributed by atoms with Gasteiger partial charge in [0, 0.05) is 12.0 Å². The number of aliphatic hydroxyl groups excluding tert-OH is 1. The number of halogens is 2. The Morgan fingerprint density at radius 2 is 2.20 bits per heavy atom. The molecule has 1 fully saturated rings. The van der Waals surface area contributed by atoms with E-state index < -0.39 is 11.5 Å². The van der Waals surface area contributed by atoms with E-state index in [-0.39, 0.29) is 19.6 Å². The molecular weight excluding hydrogens is 140 g/mol. The molecule has 0 bridgehead atoms. The van der Waals surface area contributed by atoms with Crippen molar-refractivity contribution in [2.45, 2.75) is 24.8 Å². The van der Waals surface area contributed by atoms with Crippen LogP contribution in [-0.2, 0) is 0 Å². The van der Waals surface area contributed by atoms with Crippen LogP contribution in [-0.4, -0.2) is 29.7 Å². The maximum absolute atomic E-state index is 12.5. The van der Waals surface area contributed by atoms with Crippen LogP contribution in [0.5, 0.6) is 0 Å². The van der Waals surface area contributed by atoms with Crippen molar-refractivity contribution in [1.82, 2.24) is 5.32 Å². The summed E-state index contributed by atoms with van der Waals surface area (Å²) in [6.45, 7) is 1.04. The summed E-state index contributed by atoms with van der Waals surface area (Å²) in [4.78, 5) is 0. The van der Waals surface area contributed by atoms with Crippen LogP contribution in [0, 0.1) is 0 Å². The van der Waals surface area contributed by atoms with Crippen LogP contribution in [0.4, 0.5) is 8.78 Å². The van der Waals surface area contributed by atoms with E-state index in [9.17, 15) is 8.78 Å². The lowest BCUT2D eigenvalue weighted by Gasteiger charge is -2.19. The molecule has 60 valence electrons. The first-order chi connectivity index (χ1) is 4.47. The number of rotatable bonds is 1. The Balaban J connectivity index is 2.57. The van der Waals surface area contributed by atoms with Crippen molar-refractivity contribution in [3.05, 3.63) is 0 Å². The van der Waals surface area contributed by atoms with Crippen LogP contribution in [0.1, 0.15) is 13.3 Å². The third-order valence-corrected chi connectivity index (χ3v) is 1.77. The van der Waals surface area contributed by atoms with Crippen molar-refractivity contribution in [2.24, 2.45) is 0 Å². The number of nitrogens with one attached hydrogen (secondary N) is 1. The van der Waals surface area contributed by atoms with Gasteiger partial charge in [0.25, 0.3) is 5.92 Å². The van der Waals surface area contributed by atoms with Gasteiger partial charge in [0.2, 0.25) is 0 Å². The van der Waals surface area contributed by atoms with Crippen LogP contribution in [0.2, 0.25) is 0 Å². The van der Waals surface area contributed by atoms with Gasteiger partial charge in [0.1, 0.15) is 0 Å². The molecule has 10 heavy (non-hydrogen) atoms. The first kappa shape index (κ1) is 7.88. The van der Waals surface area contributed by atoms with E-state index in [1.54, 1.807) is 6.92 Å². The number of aliphatic hydroxyl groups is 1. The molecule has 0 aromatic rings. The summed E-state index contributed by atoms with van der Waals surface area (Å²) in [6, 6.07) is 0. The van der Waals surface area contributed by atoms with Gasteiger partial charge in [-0.25, -0.2) is 8.78 Å². The molecule has 1 aliphatic heterocycles. The van der Waals surface area contributed by atoms with Gasteiger partial charge in [-0.05, 0) is 6.92 Å². The van der Waals surface area contributed by atoms with Crippen molar-refractivity contribution in [3.63, 3.8) is 0 Å². The summed E-state index contributed by atoms with van der Waals surface area (Å²) in [5.74, 6) is -2.64. The van der Waals surface area contributed by atoms with E-state index in [0.29, 0.717) is 0 Å². The molecule has 0 unspecified atom stereocenters. The Kier molecular flexibility index (Phi) is 1.68. The minimum atomic E-state index is -2.64. The Morgan fingerprint density at radius 3 is 2.40 bits per heavy atom. The second-order valence-electron chi connectivity index (χ2n) is 3.11. The van der Waals surface area contributed by atoms with Gasteiger partial charge in [0.05, 0.1) is 13.2 Å². The lowest BCUT2D eigenvalue weighted by Crippen LogP contribution is -2.39. The lowest BCUT2D eigenvalue weighted by atomic mass is 10.0. The van der Waals surface area contributed by atoms with Gasteiger partial charge in [-0.2, -0.15) is 0 Å². The average Bonchev–Trinajstić information content (AvgIpc) is 2.08. The topological polar surface area (TPSA) is 32.3 Å². The molecule has 0 saturated carbocycles. The van der Waals surface area contributed by atoms with Crippen molar-refractivity contribution in [2.75, 3.05) is 13.2 Å². The summed E-state index contributed by atoms with van der Waals surface area (Å²) in [5, 5.41) is 11.2. The molecule has 0 amide bonds. The fourth-order valence-corrected chi connectivity index (χ4v) is 1.15. The molecule has 4 heteroatoms. The van der Waals surface area contributed by atoms with Crippen LogP contribution in [0.3, 0.4) is 0 Å². The fourth-order valence-electron chi connectivity index (χ4n) is 1.15. The van der Waals surface area contributed by atoms with Crippen LogP contribution in [0.15, 0.2) is 0 Å². The molecule has 1 saturated heterocycles. The van der Waals surface area contributed by atoms with E-state index in [0.717, 1.165) is 0 Å². The summed E-state index contributed by atoms with van der Waals surface area (Å²) in [7, 11) is 0. The van der Waals surface area contributed by atoms with Crippen molar-refractivity contribution in [3.8, 4) is 0 Å². The molecule has 2 N–H and O–H groups in total. The van der Waals surface area contributed by atoms with Gasteiger partial charge in [0.15, 0.2) is 0 Å². The normalized spacial score (nSPS) is 38.4. The molecule has 0 spiro atoms. The Labute approximate surface area is 58.2 Å². The Bertz CT molecular complexity index is 140. The van der Waals surface area contributed by atoms with E-state index in [2.05, 4.69) is 5.32 Å². The monoisotopic (exact) mass is 151 g/mol. The number of alkyl halides is 2. The SMILES string of the molecule is C[C@@]1(CO)CC(F)(F)CN1. The van der Waals surface area contributed by atoms with Crippen LogP contribution < -0.4 is 5.32 Å². The molecular formula is C6H11F2NO. The molecule has 1 aliphatic rings. The van der Waals surface area contributed by atoms with E-state index in [4.69, 9.17) is 5.11 Å². The average molecular weight is 151 g/mol. The zero-order valence-electron chi connectivity index (χ0n) is 5.82. The molecule has 0 aromatic carbocycles. The smallest absolute Gasteiger partial charge is 0.262 e. The van der Waals surface area contributed by atoms with Gasteiger partial charge >= 0.3 is 0 Å². The van der Waals surface area contributed by atoms with Crippen molar-refractivity contribution < 1.29 is 13.9 Å². The molecule has 2 nitrogen and oxygen atoms in total. The largest absolute Gasteiger partial charge is 0.394 e. The highest BCUT2D eigenvalue weighted by atomic mass is 19.3. The molecule has 1 atom stereocenters. The van der Waals surface area contributed by atoms with Crippen LogP contribution >= 0.6 is 0 Å². The minimum Gasteiger partial charge on any atom is -0.394 e. The van der Waals surface area contributed by atoms with Gasteiger partial charge in [-0.15, -0.1) is 0 Å². The first-order valence-electron chi connectivity index (χ1n) is 3.21. The Hall–Kier alpha value is -0.220. The lowest BCUT2D eigenvalue weighted by molar-refractivity contribution is 0.0127. The molecule has 1 heterocycles. The predicted molar refractivity (Wildman–Crippen MR) is 33.1 cm³/mol. The maximum Gasteiger partial charge on any atom is 0.262 e. The standard InChI is InChI=1S/C6H11F2NO/c1-5(4-10)2-6(7,8)3-9-5/h9-10H,2-4H2,1H3/t5-/m0/s1. The highest BCUT2D eigenvalue weighted by Gasteiger charge is 2.45. The molecule has 0 aromatic heterocycles. The quantitative estimate of drug-likeness (QED) is 0.567. The number of hydrogen-bond acceptors (Lipinski definition) is 2. The van der Waals surface area contributed by atoms with Crippen molar-refractivity contribution >= 4 is 0 Å². The summed E-state index contributed by atoms with van der Waals surface area (Å²) < 4.78 is 24.9. The molecule has 0 radical (unpaired) electrons. The molecule has 1 rings (SSSR count). The summed E-state index contributed by atoms with van der Waals surface area (Å²) >= 11 is 0. The Morgan fingerprint density at radius 1 is 1.60 bits per heavy atom. The number of hydrogen-bond donors (Lipinski definition) is 2. The zero-order valence-corrected chi connectivity index (χ0v) is 5.82. The molecule has 0 aliphatic carbocycles. The first-order valence-corrected chi connectivity index (χ1v) is 3.21. The fraction of sp³-hybridized carbons (Fsp3) is 1.00. The second kappa shape index (κ2) is 2.13. The maximum atomic E-state index is 12.5. The van der Waals surface area contributed by atoms with Crippen molar-refractivity contribution in [1.29, 1.82) is 0 Å². The third-order valence-electron chi connectivity index (χ3n) is 1.77. The van der Waals surface area contributed by atoms with E-state index in [1.807, 2.05) is 0 Å². The highest BCUT2D eigenvalue weighted by molar-refractivity contribution is 4.96. The van der Waals surface area contributed by atoms with Gasteiger partial charge in [-0.3, -0.25) is 0 Å². The third kappa shape index (κ3) is 1.44. The van der Waals surface area contributed by atoms with Crippen LogP contribution in [0.25, 0.3) is 0 Å². The summed E-state index contributed by atoms with van der Waals surface area (Å²) in [5.41, 5.74) is -0.774.